The van der Waals surface area contributed by atoms with Crippen molar-refractivity contribution in [3.05, 3.63) is 29.8 Å². The van der Waals surface area contributed by atoms with Crippen molar-refractivity contribution in [2.24, 2.45) is 5.92 Å². The highest BCUT2D eigenvalue weighted by atomic mass is 35.5. The Balaban J connectivity index is 0.00000441. The van der Waals surface area contributed by atoms with Crippen molar-refractivity contribution in [1.29, 1.82) is 0 Å². The zero-order valence-electron chi connectivity index (χ0n) is 13.2. The van der Waals surface area contributed by atoms with Crippen molar-refractivity contribution in [3.8, 4) is 5.75 Å². The monoisotopic (exact) mass is 329 g/mol. The van der Waals surface area contributed by atoms with Gasteiger partial charge in [0.2, 0.25) is 0 Å². The summed E-state index contributed by atoms with van der Waals surface area (Å²) in [5.74, 6) is 0.0999. The van der Waals surface area contributed by atoms with Gasteiger partial charge in [-0.05, 0) is 36.6 Å². The van der Waals surface area contributed by atoms with E-state index in [-0.39, 0.29) is 30.5 Å². The number of nitrogens with one attached hydrogen (secondary N) is 1. The summed E-state index contributed by atoms with van der Waals surface area (Å²) >= 11 is 0. The number of carboxylic acid groups (broad SMARTS) is 1. The summed E-state index contributed by atoms with van der Waals surface area (Å²) in [4.78, 5) is 23.1. The zero-order valence-corrected chi connectivity index (χ0v) is 14.0. The fourth-order valence-electron chi connectivity index (χ4n) is 2.02. The Bertz CT molecular complexity index is 474. The highest BCUT2D eigenvalue weighted by Crippen LogP contribution is 2.12. The van der Waals surface area contributed by atoms with Gasteiger partial charge < -0.3 is 15.2 Å². The molecule has 0 saturated carbocycles. The van der Waals surface area contributed by atoms with Crippen LogP contribution >= 0.6 is 12.4 Å². The standard InChI is InChI=1S/C16H23NO4.ClH/c1-11(2)10-14(16(19)20)17-9-8-15(18)12-4-6-13(21-3)7-5-12;/h4-7,11,14,17H,8-10H2,1-3H3,(H,19,20);1H/t14-;/m0./s1. The number of hydrogen-bond donors (Lipinski definition) is 2. The summed E-state index contributed by atoms with van der Waals surface area (Å²) in [6.07, 6.45) is 0.820. The molecule has 5 nitrogen and oxygen atoms in total. The van der Waals surface area contributed by atoms with Gasteiger partial charge in [0, 0.05) is 18.5 Å². The first kappa shape index (κ1) is 20.4. The summed E-state index contributed by atoms with van der Waals surface area (Å²) < 4.78 is 5.04. The van der Waals surface area contributed by atoms with E-state index in [1.165, 1.54) is 0 Å². The summed E-state index contributed by atoms with van der Waals surface area (Å²) in [7, 11) is 1.57. The maximum atomic E-state index is 12.0. The molecule has 0 spiro atoms. The third-order valence-corrected chi connectivity index (χ3v) is 3.16. The average molecular weight is 330 g/mol. The normalized spacial score (nSPS) is 11.6. The first-order chi connectivity index (χ1) is 9.93. The predicted octanol–water partition coefficient (Wildman–Crippen LogP) is 2.78. The number of halogens is 1. The van der Waals surface area contributed by atoms with Gasteiger partial charge in [-0.2, -0.15) is 0 Å². The Labute approximate surface area is 137 Å². The molecule has 2 N–H and O–H groups in total. The van der Waals surface area contributed by atoms with Crippen molar-refractivity contribution in [1.82, 2.24) is 5.32 Å². The van der Waals surface area contributed by atoms with E-state index in [0.29, 0.717) is 24.3 Å². The molecular weight excluding hydrogens is 306 g/mol. The van der Waals surface area contributed by atoms with E-state index in [9.17, 15) is 9.59 Å². The number of aliphatic carboxylic acids is 1. The molecule has 0 amide bonds. The van der Waals surface area contributed by atoms with Crippen LogP contribution in [0.3, 0.4) is 0 Å². The Morgan fingerprint density at radius 1 is 1.23 bits per heavy atom. The van der Waals surface area contributed by atoms with Crippen molar-refractivity contribution >= 4 is 24.2 Å². The van der Waals surface area contributed by atoms with Crippen LogP contribution in [0.25, 0.3) is 0 Å². The molecular formula is C16H24ClNO4. The SMILES string of the molecule is COc1ccc(C(=O)CCN[C@@H](CC(C)C)C(=O)O)cc1.Cl. The highest BCUT2D eigenvalue weighted by molar-refractivity contribution is 5.96. The number of carboxylic acids is 1. The number of ketones is 1. The first-order valence-corrected chi connectivity index (χ1v) is 7.07. The second-order valence-corrected chi connectivity index (χ2v) is 5.38. The topological polar surface area (TPSA) is 75.6 Å². The fraction of sp³-hybridized carbons (Fsp3) is 0.500. The maximum Gasteiger partial charge on any atom is 0.320 e. The first-order valence-electron chi connectivity index (χ1n) is 7.07. The molecule has 1 aromatic rings. The van der Waals surface area contributed by atoms with Crippen molar-refractivity contribution in [3.63, 3.8) is 0 Å². The van der Waals surface area contributed by atoms with Crippen molar-refractivity contribution in [2.45, 2.75) is 32.7 Å². The van der Waals surface area contributed by atoms with Gasteiger partial charge in [0.15, 0.2) is 5.78 Å². The van der Waals surface area contributed by atoms with Crippen LogP contribution in [0.5, 0.6) is 5.75 Å². The van der Waals surface area contributed by atoms with Crippen LogP contribution in [0, 0.1) is 5.92 Å². The number of carbonyl (C=O) groups is 2. The minimum Gasteiger partial charge on any atom is -0.497 e. The van der Waals surface area contributed by atoms with E-state index in [4.69, 9.17) is 9.84 Å². The number of ether oxygens (including phenoxy) is 1. The van der Waals surface area contributed by atoms with Crippen LogP contribution in [-0.4, -0.2) is 36.6 Å². The second kappa shape index (κ2) is 10.2. The molecule has 0 bridgehead atoms. The number of methoxy groups -OCH3 is 1. The van der Waals surface area contributed by atoms with Crippen LogP contribution < -0.4 is 10.1 Å². The van der Waals surface area contributed by atoms with Crippen LogP contribution in [0.15, 0.2) is 24.3 Å². The lowest BCUT2D eigenvalue weighted by Crippen LogP contribution is -2.38. The van der Waals surface area contributed by atoms with Crippen LogP contribution in [0.1, 0.15) is 37.0 Å². The van der Waals surface area contributed by atoms with Gasteiger partial charge in [0.1, 0.15) is 11.8 Å². The van der Waals surface area contributed by atoms with Gasteiger partial charge >= 0.3 is 5.97 Å². The van der Waals surface area contributed by atoms with Crippen molar-refractivity contribution < 1.29 is 19.4 Å². The molecule has 0 radical (unpaired) electrons. The summed E-state index contributed by atoms with van der Waals surface area (Å²) in [5.41, 5.74) is 0.605. The van der Waals surface area contributed by atoms with E-state index in [0.717, 1.165) is 0 Å². The molecule has 0 aromatic heterocycles. The predicted molar refractivity (Wildman–Crippen MR) is 88.1 cm³/mol. The Kier molecular flexibility index (Phi) is 9.45. The lowest BCUT2D eigenvalue weighted by atomic mass is 10.0. The molecule has 1 atom stereocenters. The molecule has 0 heterocycles. The summed E-state index contributed by atoms with van der Waals surface area (Å²) in [5, 5.41) is 12.0. The Morgan fingerprint density at radius 2 is 1.82 bits per heavy atom. The van der Waals surface area contributed by atoms with Gasteiger partial charge in [0.25, 0.3) is 0 Å². The Morgan fingerprint density at radius 3 is 2.27 bits per heavy atom. The van der Waals surface area contributed by atoms with E-state index in [2.05, 4.69) is 5.32 Å². The minimum atomic E-state index is -0.874. The lowest BCUT2D eigenvalue weighted by Gasteiger charge is -2.16. The fourth-order valence-corrected chi connectivity index (χ4v) is 2.02. The number of carbonyl (C=O) groups excluding carboxylic acids is 1. The largest absolute Gasteiger partial charge is 0.497 e. The summed E-state index contributed by atoms with van der Waals surface area (Å²) in [6.45, 7) is 4.30. The van der Waals surface area contributed by atoms with E-state index < -0.39 is 12.0 Å². The molecule has 1 aromatic carbocycles. The van der Waals surface area contributed by atoms with Gasteiger partial charge in [0.05, 0.1) is 7.11 Å². The average Bonchev–Trinajstić information content (AvgIpc) is 2.45. The smallest absolute Gasteiger partial charge is 0.320 e. The van der Waals surface area contributed by atoms with Crippen molar-refractivity contribution in [2.75, 3.05) is 13.7 Å². The Hall–Kier alpha value is -1.59. The van der Waals surface area contributed by atoms with Gasteiger partial charge in [-0.25, -0.2) is 0 Å². The van der Waals surface area contributed by atoms with Crippen LogP contribution in [0.2, 0.25) is 0 Å². The third kappa shape index (κ3) is 6.91. The highest BCUT2D eigenvalue weighted by Gasteiger charge is 2.18. The van der Waals surface area contributed by atoms with Crippen LogP contribution in [-0.2, 0) is 4.79 Å². The molecule has 124 valence electrons. The number of hydrogen-bond acceptors (Lipinski definition) is 4. The third-order valence-electron chi connectivity index (χ3n) is 3.16. The van der Waals surface area contributed by atoms with Crippen LogP contribution in [0.4, 0.5) is 0 Å². The zero-order chi connectivity index (χ0) is 15.8. The number of rotatable bonds is 9. The molecule has 0 aliphatic carbocycles. The molecule has 0 unspecified atom stereocenters. The molecule has 22 heavy (non-hydrogen) atoms. The molecule has 1 rings (SSSR count). The second-order valence-electron chi connectivity index (χ2n) is 5.38. The molecule has 0 saturated heterocycles. The number of benzene rings is 1. The number of Topliss-reactive ketones (excluding diaryl/α,β-unsaturated/α-hetero) is 1. The molecule has 0 aliphatic rings. The molecule has 0 aliphatic heterocycles. The quantitative estimate of drug-likeness (QED) is 0.681. The van der Waals surface area contributed by atoms with Gasteiger partial charge in [-0.3, -0.25) is 9.59 Å². The van der Waals surface area contributed by atoms with Gasteiger partial charge in [-0.1, -0.05) is 13.8 Å². The maximum absolute atomic E-state index is 12.0. The molecule has 0 fully saturated rings. The lowest BCUT2D eigenvalue weighted by molar-refractivity contribution is -0.139. The van der Waals surface area contributed by atoms with Gasteiger partial charge in [-0.15, -0.1) is 12.4 Å². The summed E-state index contributed by atoms with van der Waals surface area (Å²) in [6, 6.07) is 6.29. The van der Waals surface area contributed by atoms with E-state index in [1.807, 2.05) is 13.8 Å². The minimum absolute atomic E-state index is 0. The molecule has 6 heteroatoms. The van der Waals surface area contributed by atoms with E-state index in [1.54, 1.807) is 31.4 Å². The van der Waals surface area contributed by atoms with E-state index >= 15 is 0 Å².